The molecule has 48 heavy (non-hydrogen) atoms. The fourth-order valence-corrected chi connectivity index (χ4v) is 10.3. The van der Waals surface area contributed by atoms with Gasteiger partial charge in [-0.2, -0.15) is 25.3 Å². The van der Waals surface area contributed by atoms with E-state index in [2.05, 4.69) is 4.18 Å². The summed E-state index contributed by atoms with van der Waals surface area (Å²) in [4.78, 5) is 0. The van der Waals surface area contributed by atoms with E-state index in [9.17, 15) is 25.3 Å². The Balaban J connectivity index is 1.59. The molecule has 3 aliphatic rings. The first-order valence-electron chi connectivity index (χ1n) is 13.7. The molecule has 2 fully saturated rings. The Morgan fingerprint density at radius 3 is 1.81 bits per heavy atom. The van der Waals surface area contributed by atoms with Gasteiger partial charge in [0.05, 0.1) is 0 Å². The molecule has 0 amide bonds. The zero-order valence-corrected chi connectivity index (χ0v) is 33.6. The van der Waals surface area contributed by atoms with Gasteiger partial charge in [0.1, 0.15) is 37.8 Å². The standard InChI is InChI=1S/C24H27Cl9O12S3/c1-21-7-6-16-15-5-3-14(43-46(34,35)40-10-22(25,26)27)8-13(15)2-4-17(16)18(21)9-19(44-47(36,37)41-11-23(28,29)30)20(21)45-48(38,39)42-12-24(31,32)33/h3,5,8,16-20H,2,4,6-7,9-12H2,1H3/t16-,17-,18+,19-,20+,21+/m1/s1. The van der Waals surface area contributed by atoms with E-state index >= 15 is 0 Å². The maximum atomic E-state index is 12.9. The number of hydrogen-bond acceptors (Lipinski definition) is 12. The van der Waals surface area contributed by atoms with Crippen LogP contribution in [0.15, 0.2) is 18.2 Å². The zero-order chi connectivity index (χ0) is 36.1. The molecule has 24 heteroatoms. The quantitative estimate of drug-likeness (QED) is 0.195. The summed E-state index contributed by atoms with van der Waals surface area (Å²) < 4.78 is 99.7. The highest BCUT2D eigenvalue weighted by molar-refractivity contribution is 7.82. The molecule has 1 aromatic carbocycles. The predicted octanol–water partition coefficient (Wildman–Crippen LogP) is 7.20. The van der Waals surface area contributed by atoms with Crippen molar-refractivity contribution in [3.63, 3.8) is 0 Å². The number of rotatable bonds is 12. The molecule has 0 unspecified atom stereocenters. The van der Waals surface area contributed by atoms with E-state index in [4.69, 9.17) is 125 Å². The summed E-state index contributed by atoms with van der Waals surface area (Å²) in [6.07, 6.45) is -0.811. The number of benzene rings is 1. The molecule has 6 atom stereocenters. The van der Waals surface area contributed by atoms with E-state index in [0.717, 1.165) is 11.1 Å². The summed E-state index contributed by atoms with van der Waals surface area (Å²) in [6, 6.07) is 4.77. The lowest BCUT2D eigenvalue weighted by molar-refractivity contribution is -0.0358. The van der Waals surface area contributed by atoms with Crippen LogP contribution in [0.4, 0.5) is 0 Å². The van der Waals surface area contributed by atoms with Crippen LogP contribution in [0.1, 0.15) is 49.7 Å². The van der Waals surface area contributed by atoms with Crippen LogP contribution < -0.4 is 4.18 Å². The molecule has 12 nitrogen and oxygen atoms in total. The van der Waals surface area contributed by atoms with Crippen LogP contribution in [0.5, 0.6) is 5.75 Å². The number of alkyl halides is 9. The molecule has 3 aliphatic carbocycles. The van der Waals surface area contributed by atoms with Crippen LogP contribution in [0, 0.1) is 17.3 Å². The fourth-order valence-electron chi connectivity index (χ4n) is 6.71. The molecule has 276 valence electrons. The maximum absolute atomic E-state index is 12.9. The topological polar surface area (TPSA) is 158 Å². The van der Waals surface area contributed by atoms with Crippen LogP contribution in [0.2, 0.25) is 0 Å². The average molecular weight is 923 g/mol. The average Bonchev–Trinajstić information content (AvgIpc) is 3.18. The second kappa shape index (κ2) is 15.2. The second-order valence-corrected chi connectivity index (χ2v) is 22.9. The number of hydrogen-bond donors (Lipinski definition) is 0. The first-order chi connectivity index (χ1) is 21.7. The van der Waals surface area contributed by atoms with Crippen molar-refractivity contribution >= 4 is 136 Å². The summed E-state index contributed by atoms with van der Waals surface area (Å²) in [6.45, 7) is -0.742. The Labute approximate surface area is 324 Å². The molecule has 2 saturated carbocycles. The molecular weight excluding hydrogens is 896 g/mol. The number of halogens is 9. The van der Waals surface area contributed by atoms with Gasteiger partial charge in [-0.25, -0.2) is 20.9 Å². The van der Waals surface area contributed by atoms with Gasteiger partial charge in [0.2, 0.25) is 11.4 Å². The molecule has 0 aliphatic heterocycles. The fraction of sp³-hybridized carbons (Fsp3) is 0.750. The predicted molar refractivity (Wildman–Crippen MR) is 182 cm³/mol. The summed E-state index contributed by atoms with van der Waals surface area (Å²) in [5.74, 6) is -0.529. The van der Waals surface area contributed by atoms with Gasteiger partial charge < -0.3 is 4.18 Å². The molecule has 0 bridgehead atoms. The minimum atomic E-state index is -4.85. The van der Waals surface area contributed by atoms with Crippen molar-refractivity contribution in [3.8, 4) is 5.75 Å². The molecule has 0 aromatic heterocycles. The third-order valence-electron chi connectivity index (χ3n) is 8.37. The van der Waals surface area contributed by atoms with Crippen LogP contribution in [0.25, 0.3) is 0 Å². The Morgan fingerprint density at radius 1 is 0.750 bits per heavy atom. The highest BCUT2D eigenvalue weighted by Crippen LogP contribution is 2.62. The van der Waals surface area contributed by atoms with Gasteiger partial charge in [0.15, 0.2) is 0 Å². The first kappa shape index (κ1) is 42.0. The van der Waals surface area contributed by atoms with Crippen molar-refractivity contribution in [2.45, 2.75) is 68.5 Å². The van der Waals surface area contributed by atoms with Gasteiger partial charge in [0, 0.05) is 5.41 Å². The third kappa shape index (κ3) is 11.6. The van der Waals surface area contributed by atoms with Gasteiger partial charge >= 0.3 is 31.2 Å². The van der Waals surface area contributed by atoms with Crippen LogP contribution in [-0.2, 0) is 58.5 Å². The summed E-state index contributed by atoms with van der Waals surface area (Å²) in [5, 5.41) is 0. The molecule has 0 N–H and O–H groups in total. The molecule has 0 spiro atoms. The molecular formula is C24H27Cl9O12S3. The summed E-state index contributed by atoms with van der Waals surface area (Å²) in [5.41, 5.74) is 0.777. The first-order valence-corrected chi connectivity index (χ1v) is 21.1. The Kier molecular flexibility index (Phi) is 13.3. The van der Waals surface area contributed by atoms with E-state index in [1.807, 2.05) is 0 Å². The minimum absolute atomic E-state index is 0.0138. The monoisotopic (exact) mass is 918 g/mol. The highest BCUT2D eigenvalue weighted by atomic mass is 35.6. The molecule has 0 radical (unpaired) electrons. The van der Waals surface area contributed by atoms with Crippen molar-refractivity contribution in [2.24, 2.45) is 17.3 Å². The van der Waals surface area contributed by atoms with E-state index < -0.39 is 80.0 Å². The molecule has 0 heterocycles. The Morgan fingerprint density at radius 2 is 1.27 bits per heavy atom. The van der Waals surface area contributed by atoms with Gasteiger partial charge in [-0.1, -0.05) is 117 Å². The zero-order valence-electron chi connectivity index (χ0n) is 24.3. The summed E-state index contributed by atoms with van der Waals surface area (Å²) >= 11 is 50.5. The lowest BCUT2D eigenvalue weighted by Crippen LogP contribution is -2.47. The van der Waals surface area contributed by atoms with Gasteiger partial charge in [-0.3, -0.25) is 0 Å². The number of fused-ring (bicyclic) bond motifs is 5. The van der Waals surface area contributed by atoms with Crippen LogP contribution in [0.3, 0.4) is 0 Å². The SMILES string of the molecule is C[C@]12CC[C@@H]3c4ccc(OS(=O)(=O)OCC(Cl)(Cl)Cl)cc4CC[C@H]3[C@@H]1C[C@@H](OS(=O)(=O)OCC(Cl)(Cl)Cl)[C@@H]2OS(=O)(=O)OCC(Cl)(Cl)Cl. The summed E-state index contributed by atoms with van der Waals surface area (Å²) in [7, 11) is -14.2. The highest BCUT2D eigenvalue weighted by Gasteiger charge is 2.61. The Hall–Kier alpha value is 1.28. The van der Waals surface area contributed by atoms with Crippen molar-refractivity contribution in [3.05, 3.63) is 29.3 Å². The largest absolute Gasteiger partial charge is 0.449 e. The maximum Gasteiger partial charge on any atom is 0.449 e. The Bertz CT molecular complexity index is 1660. The van der Waals surface area contributed by atoms with Gasteiger partial charge in [0.25, 0.3) is 0 Å². The van der Waals surface area contributed by atoms with Gasteiger partial charge in [-0.05, 0) is 73.1 Å². The van der Waals surface area contributed by atoms with E-state index in [1.165, 1.54) is 6.07 Å². The van der Waals surface area contributed by atoms with Crippen molar-refractivity contribution in [2.75, 3.05) is 19.8 Å². The van der Waals surface area contributed by atoms with Crippen LogP contribution >= 0.6 is 104 Å². The third-order valence-corrected chi connectivity index (χ3v) is 11.9. The normalized spacial score (nSPS) is 28.4. The van der Waals surface area contributed by atoms with Crippen molar-refractivity contribution in [1.82, 2.24) is 0 Å². The smallest absolute Gasteiger partial charge is 0.362 e. The molecule has 0 saturated heterocycles. The van der Waals surface area contributed by atoms with Crippen LogP contribution in [-0.4, -0.2) is 68.7 Å². The molecule has 4 rings (SSSR count). The van der Waals surface area contributed by atoms with Gasteiger partial charge in [-0.15, -0.1) is 0 Å². The lowest BCUT2D eigenvalue weighted by atomic mass is 9.55. The van der Waals surface area contributed by atoms with E-state index in [0.29, 0.717) is 25.7 Å². The second-order valence-electron chi connectivity index (χ2n) is 11.6. The molecule has 1 aromatic rings. The van der Waals surface area contributed by atoms with Crippen molar-refractivity contribution < 1.29 is 50.4 Å². The van der Waals surface area contributed by atoms with Crippen molar-refractivity contribution in [1.29, 1.82) is 0 Å². The lowest BCUT2D eigenvalue weighted by Gasteiger charge is -2.50. The minimum Gasteiger partial charge on any atom is -0.362 e. The van der Waals surface area contributed by atoms with E-state index in [1.54, 1.807) is 19.1 Å². The number of aryl methyl sites for hydroxylation is 1. The van der Waals surface area contributed by atoms with E-state index in [-0.39, 0.29) is 29.9 Å².